The van der Waals surface area contributed by atoms with Crippen molar-refractivity contribution in [3.05, 3.63) is 105 Å². The van der Waals surface area contributed by atoms with Crippen LogP contribution in [-0.2, 0) is 0 Å². The molecule has 0 fully saturated rings. The molecule has 3 nitrogen and oxygen atoms in total. The van der Waals surface area contributed by atoms with Gasteiger partial charge in [0.15, 0.2) is 0 Å². The standard InChI is InChI=1S/C20H19NO2/c1-16-6-10-18(11-7-16)4-3-5-20(21(22)23)15-14-19-12-8-17(2)9-13-19/h3-15H,1-2H3/b4-3+,15-14+,20-5+. The molecular weight excluding hydrogens is 286 g/mol. The highest BCUT2D eigenvalue weighted by atomic mass is 16.6. The van der Waals surface area contributed by atoms with Gasteiger partial charge in [0.05, 0.1) is 4.92 Å². The van der Waals surface area contributed by atoms with E-state index in [4.69, 9.17) is 0 Å². The van der Waals surface area contributed by atoms with E-state index in [2.05, 4.69) is 0 Å². The summed E-state index contributed by atoms with van der Waals surface area (Å²) in [5.41, 5.74) is 4.34. The first-order valence-electron chi connectivity index (χ1n) is 7.39. The van der Waals surface area contributed by atoms with Gasteiger partial charge in [-0.3, -0.25) is 10.1 Å². The highest BCUT2D eigenvalue weighted by molar-refractivity contribution is 5.54. The number of nitro groups is 1. The molecule has 23 heavy (non-hydrogen) atoms. The smallest absolute Gasteiger partial charge is 0.258 e. The minimum Gasteiger partial charge on any atom is -0.258 e. The van der Waals surface area contributed by atoms with Crippen molar-refractivity contribution in [3.8, 4) is 0 Å². The average molecular weight is 305 g/mol. The Hall–Kier alpha value is -2.94. The van der Waals surface area contributed by atoms with E-state index in [0.717, 1.165) is 16.7 Å². The monoisotopic (exact) mass is 305 g/mol. The number of aryl methyl sites for hydroxylation is 2. The van der Waals surface area contributed by atoms with Gasteiger partial charge in [0.2, 0.25) is 0 Å². The minimum absolute atomic E-state index is 0.0499. The lowest BCUT2D eigenvalue weighted by Crippen LogP contribution is -1.94. The van der Waals surface area contributed by atoms with Gasteiger partial charge in [-0.05, 0) is 31.1 Å². The number of hydrogen-bond acceptors (Lipinski definition) is 2. The van der Waals surface area contributed by atoms with Gasteiger partial charge in [0.25, 0.3) is 5.70 Å². The molecule has 0 bridgehead atoms. The van der Waals surface area contributed by atoms with E-state index in [1.165, 1.54) is 17.7 Å². The Labute approximate surface area is 136 Å². The van der Waals surface area contributed by atoms with Crippen molar-refractivity contribution < 1.29 is 4.92 Å². The maximum Gasteiger partial charge on any atom is 0.269 e. The molecule has 0 atom stereocenters. The Bertz CT molecular complexity index is 751. The molecule has 2 aromatic carbocycles. The molecule has 0 saturated carbocycles. The topological polar surface area (TPSA) is 43.1 Å². The van der Waals surface area contributed by atoms with Crippen molar-refractivity contribution in [1.29, 1.82) is 0 Å². The molecule has 0 aromatic heterocycles. The number of allylic oxidation sites excluding steroid dienone is 3. The lowest BCUT2D eigenvalue weighted by Gasteiger charge is -1.95. The molecular formula is C20H19NO2. The Morgan fingerprint density at radius 1 is 0.870 bits per heavy atom. The van der Waals surface area contributed by atoms with Crippen LogP contribution in [0, 0.1) is 24.0 Å². The molecule has 3 heteroatoms. The molecule has 116 valence electrons. The zero-order valence-electron chi connectivity index (χ0n) is 13.3. The quantitative estimate of drug-likeness (QED) is 0.433. The molecule has 0 aliphatic heterocycles. The summed E-state index contributed by atoms with van der Waals surface area (Å²) in [6, 6.07) is 15.8. The van der Waals surface area contributed by atoms with Crippen LogP contribution in [0.1, 0.15) is 22.3 Å². The lowest BCUT2D eigenvalue weighted by molar-refractivity contribution is -0.418. The summed E-state index contributed by atoms with van der Waals surface area (Å²) < 4.78 is 0. The van der Waals surface area contributed by atoms with Gasteiger partial charge < -0.3 is 0 Å². The fourth-order valence-electron chi connectivity index (χ4n) is 1.97. The van der Waals surface area contributed by atoms with Gasteiger partial charge in [-0.15, -0.1) is 0 Å². The molecule has 0 saturated heterocycles. The van der Waals surface area contributed by atoms with Crippen LogP contribution in [0.2, 0.25) is 0 Å². The van der Waals surface area contributed by atoms with Gasteiger partial charge in [0.1, 0.15) is 0 Å². The molecule has 0 amide bonds. The van der Waals surface area contributed by atoms with Crippen LogP contribution in [0.15, 0.2) is 72.5 Å². The molecule has 0 radical (unpaired) electrons. The second kappa shape index (κ2) is 7.90. The van der Waals surface area contributed by atoms with Crippen LogP contribution in [0.4, 0.5) is 0 Å². The van der Waals surface area contributed by atoms with Crippen molar-refractivity contribution in [1.82, 2.24) is 0 Å². The Morgan fingerprint density at radius 2 is 1.35 bits per heavy atom. The summed E-state index contributed by atoms with van der Waals surface area (Å²) in [6.45, 7) is 4.03. The van der Waals surface area contributed by atoms with Gasteiger partial charge in [-0.1, -0.05) is 71.8 Å². The van der Waals surface area contributed by atoms with Crippen molar-refractivity contribution in [2.75, 3.05) is 0 Å². The van der Waals surface area contributed by atoms with E-state index in [9.17, 15) is 10.1 Å². The molecule has 0 aliphatic rings. The molecule has 0 aliphatic carbocycles. The third-order valence-electron chi connectivity index (χ3n) is 3.37. The van der Waals surface area contributed by atoms with E-state index < -0.39 is 0 Å². The Kier molecular flexibility index (Phi) is 5.64. The SMILES string of the molecule is Cc1ccc(/C=C/C=C(\C=C\c2ccc(C)cc2)[N+](=O)[O-])cc1. The third-order valence-corrected chi connectivity index (χ3v) is 3.37. The molecule has 2 rings (SSSR count). The molecule has 2 aromatic rings. The molecule has 0 unspecified atom stereocenters. The third kappa shape index (κ3) is 5.40. The summed E-state index contributed by atoms with van der Waals surface area (Å²) in [7, 11) is 0. The minimum atomic E-state index is -0.385. The van der Waals surface area contributed by atoms with Crippen molar-refractivity contribution >= 4 is 12.2 Å². The van der Waals surface area contributed by atoms with E-state index in [1.54, 1.807) is 12.2 Å². The number of hydrogen-bond donors (Lipinski definition) is 0. The first-order chi connectivity index (χ1) is 11.0. The summed E-state index contributed by atoms with van der Waals surface area (Å²) in [4.78, 5) is 10.7. The maximum atomic E-state index is 11.1. The van der Waals surface area contributed by atoms with Crippen molar-refractivity contribution in [2.45, 2.75) is 13.8 Å². The Morgan fingerprint density at radius 3 is 1.83 bits per heavy atom. The van der Waals surface area contributed by atoms with Gasteiger partial charge in [-0.2, -0.15) is 0 Å². The summed E-state index contributed by atoms with van der Waals surface area (Å²) in [5.74, 6) is 0. The Balaban J connectivity index is 2.12. The van der Waals surface area contributed by atoms with Crippen LogP contribution in [-0.4, -0.2) is 4.92 Å². The average Bonchev–Trinajstić information content (AvgIpc) is 2.53. The van der Waals surface area contributed by atoms with Gasteiger partial charge in [0, 0.05) is 12.2 Å². The fraction of sp³-hybridized carbons (Fsp3) is 0.100. The second-order valence-electron chi connectivity index (χ2n) is 5.36. The largest absolute Gasteiger partial charge is 0.269 e. The van der Waals surface area contributed by atoms with Crippen LogP contribution in [0.3, 0.4) is 0 Å². The summed E-state index contributed by atoms with van der Waals surface area (Å²) in [5, 5.41) is 11.1. The van der Waals surface area contributed by atoms with E-state index >= 15 is 0 Å². The van der Waals surface area contributed by atoms with Gasteiger partial charge in [-0.25, -0.2) is 0 Å². The maximum absolute atomic E-state index is 11.1. The number of benzene rings is 2. The predicted molar refractivity (Wildman–Crippen MR) is 95.5 cm³/mol. The highest BCUT2D eigenvalue weighted by Gasteiger charge is 2.03. The fourth-order valence-corrected chi connectivity index (χ4v) is 1.97. The first kappa shape index (κ1) is 16.4. The second-order valence-corrected chi connectivity index (χ2v) is 5.36. The highest BCUT2D eigenvalue weighted by Crippen LogP contribution is 2.09. The first-order valence-corrected chi connectivity index (χ1v) is 7.39. The van der Waals surface area contributed by atoms with Crippen LogP contribution in [0.25, 0.3) is 12.2 Å². The molecule has 0 heterocycles. The molecule has 0 N–H and O–H groups in total. The lowest BCUT2D eigenvalue weighted by atomic mass is 10.1. The normalized spacial score (nSPS) is 12.2. The zero-order chi connectivity index (χ0) is 16.7. The summed E-state index contributed by atoms with van der Waals surface area (Å²) in [6.07, 6.45) is 8.31. The van der Waals surface area contributed by atoms with Crippen LogP contribution in [0.5, 0.6) is 0 Å². The number of rotatable bonds is 5. The van der Waals surface area contributed by atoms with Crippen molar-refractivity contribution in [2.24, 2.45) is 0 Å². The molecule has 0 spiro atoms. The van der Waals surface area contributed by atoms with Crippen molar-refractivity contribution in [3.63, 3.8) is 0 Å². The van der Waals surface area contributed by atoms with Gasteiger partial charge >= 0.3 is 0 Å². The summed E-state index contributed by atoms with van der Waals surface area (Å²) >= 11 is 0. The van der Waals surface area contributed by atoms with Crippen LogP contribution >= 0.6 is 0 Å². The van der Waals surface area contributed by atoms with E-state index in [0.29, 0.717) is 0 Å². The van der Waals surface area contributed by atoms with E-state index in [-0.39, 0.29) is 10.6 Å². The van der Waals surface area contributed by atoms with Crippen LogP contribution < -0.4 is 0 Å². The number of nitrogens with zero attached hydrogens (tertiary/aromatic N) is 1. The predicted octanol–water partition coefficient (Wildman–Crippen LogP) is 5.19. The zero-order valence-corrected chi connectivity index (χ0v) is 13.3. The van der Waals surface area contributed by atoms with E-state index in [1.807, 2.05) is 68.5 Å².